The number of carbonyl (C=O) groups is 1. The van der Waals surface area contributed by atoms with E-state index >= 15 is 0 Å². The molecule has 2 aromatic carbocycles. The molecule has 0 aliphatic carbocycles. The number of anilines is 1. The summed E-state index contributed by atoms with van der Waals surface area (Å²) in [7, 11) is -4.15. The summed E-state index contributed by atoms with van der Waals surface area (Å²) in [5.74, 6) is -0.494. The van der Waals surface area contributed by atoms with Gasteiger partial charge in [-0.3, -0.25) is 14.8 Å². The van der Waals surface area contributed by atoms with Crippen LogP contribution in [0.2, 0.25) is 0 Å². The van der Waals surface area contributed by atoms with E-state index in [0.29, 0.717) is 6.61 Å². The second kappa shape index (κ2) is 8.43. The Bertz CT molecular complexity index is 894. The molecule has 2 aromatic rings. The van der Waals surface area contributed by atoms with E-state index < -0.39 is 31.5 Å². The van der Waals surface area contributed by atoms with E-state index in [2.05, 4.69) is 4.72 Å². The molecule has 0 fully saturated rings. The zero-order chi connectivity index (χ0) is 19.2. The zero-order valence-corrected chi connectivity index (χ0v) is 14.9. The maximum Gasteiger partial charge on any atom is 0.338 e. The number of benzene rings is 2. The van der Waals surface area contributed by atoms with Crippen molar-refractivity contribution in [2.75, 3.05) is 11.3 Å². The van der Waals surface area contributed by atoms with Crippen molar-refractivity contribution in [2.24, 2.45) is 0 Å². The highest BCUT2D eigenvalue weighted by Crippen LogP contribution is 2.25. The van der Waals surface area contributed by atoms with Crippen LogP contribution in [-0.2, 0) is 14.8 Å². The molecule has 2 rings (SSSR count). The Morgan fingerprint density at radius 3 is 2.42 bits per heavy atom. The minimum Gasteiger partial charge on any atom is -0.462 e. The molecule has 8 nitrogen and oxygen atoms in total. The molecule has 0 spiro atoms. The van der Waals surface area contributed by atoms with Gasteiger partial charge in [0, 0.05) is 11.8 Å². The quantitative estimate of drug-likeness (QED) is 0.326. The third kappa shape index (κ3) is 4.79. The first-order valence-electron chi connectivity index (χ1n) is 7.88. The molecule has 0 aliphatic rings. The number of nitrogens with zero attached hydrogens (tertiary/aromatic N) is 1. The average molecular weight is 378 g/mol. The number of nitrogens with one attached hydrogen (secondary N) is 1. The fraction of sp³-hybridized carbons (Fsp3) is 0.235. The summed E-state index contributed by atoms with van der Waals surface area (Å²) in [4.78, 5) is 21.6. The lowest BCUT2D eigenvalue weighted by atomic mass is 10.2. The van der Waals surface area contributed by atoms with Crippen LogP contribution in [0.4, 0.5) is 11.4 Å². The van der Waals surface area contributed by atoms with Gasteiger partial charge >= 0.3 is 5.97 Å². The number of ether oxygens (including phenoxy) is 1. The number of rotatable bonds is 8. The minimum absolute atomic E-state index is 0.174. The fourth-order valence-electron chi connectivity index (χ4n) is 2.11. The Kier molecular flexibility index (Phi) is 6.29. The van der Waals surface area contributed by atoms with Gasteiger partial charge in [0.1, 0.15) is 0 Å². The van der Waals surface area contributed by atoms with E-state index in [1.165, 1.54) is 36.4 Å². The van der Waals surface area contributed by atoms with Crippen LogP contribution in [0, 0.1) is 10.1 Å². The van der Waals surface area contributed by atoms with Crippen molar-refractivity contribution in [2.45, 2.75) is 24.7 Å². The second-order valence-corrected chi connectivity index (χ2v) is 7.05. The van der Waals surface area contributed by atoms with Crippen molar-refractivity contribution < 1.29 is 22.9 Å². The second-order valence-electron chi connectivity index (χ2n) is 5.40. The van der Waals surface area contributed by atoms with Gasteiger partial charge in [0.05, 0.1) is 17.1 Å². The van der Waals surface area contributed by atoms with Crippen LogP contribution in [0.1, 0.15) is 30.1 Å². The highest BCUT2D eigenvalue weighted by molar-refractivity contribution is 7.92. The van der Waals surface area contributed by atoms with Gasteiger partial charge in [0.25, 0.3) is 15.7 Å². The molecule has 0 radical (unpaired) electrons. The van der Waals surface area contributed by atoms with Gasteiger partial charge in [0.15, 0.2) is 4.90 Å². The zero-order valence-electron chi connectivity index (χ0n) is 14.0. The summed E-state index contributed by atoms with van der Waals surface area (Å²) >= 11 is 0. The van der Waals surface area contributed by atoms with E-state index in [4.69, 9.17) is 4.74 Å². The summed E-state index contributed by atoms with van der Waals surface area (Å²) in [5, 5.41) is 11.0. The minimum atomic E-state index is -4.15. The molecule has 9 heteroatoms. The number of nitro groups is 1. The summed E-state index contributed by atoms with van der Waals surface area (Å²) < 4.78 is 32.2. The third-order valence-corrected chi connectivity index (χ3v) is 4.88. The highest BCUT2D eigenvalue weighted by atomic mass is 32.2. The van der Waals surface area contributed by atoms with Crippen molar-refractivity contribution in [3.63, 3.8) is 0 Å². The van der Waals surface area contributed by atoms with Crippen molar-refractivity contribution in [3.8, 4) is 0 Å². The van der Waals surface area contributed by atoms with Crippen LogP contribution < -0.4 is 4.72 Å². The van der Waals surface area contributed by atoms with Gasteiger partial charge in [-0.1, -0.05) is 25.5 Å². The smallest absolute Gasteiger partial charge is 0.338 e. The molecule has 138 valence electrons. The Labute approximate surface area is 151 Å². The SMILES string of the molecule is CCCCOC(=O)c1ccc(NS(=O)(=O)c2ccccc2[N+](=O)[O-])cc1. The molecule has 0 aromatic heterocycles. The van der Waals surface area contributed by atoms with Crippen LogP contribution in [0.25, 0.3) is 0 Å². The van der Waals surface area contributed by atoms with Crippen LogP contribution in [0.15, 0.2) is 53.4 Å². The predicted molar refractivity (Wildman–Crippen MR) is 95.5 cm³/mol. The molecule has 0 amide bonds. The number of hydrogen-bond donors (Lipinski definition) is 1. The molecule has 0 atom stereocenters. The topological polar surface area (TPSA) is 116 Å². The van der Waals surface area contributed by atoms with E-state index in [-0.39, 0.29) is 11.3 Å². The van der Waals surface area contributed by atoms with Gasteiger partial charge < -0.3 is 4.74 Å². The van der Waals surface area contributed by atoms with Crippen LogP contribution in [-0.4, -0.2) is 25.9 Å². The highest BCUT2D eigenvalue weighted by Gasteiger charge is 2.25. The summed E-state index contributed by atoms with van der Waals surface area (Å²) in [6, 6.07) is 10.7. The molecule has 0 heterocycles. The Morgan fingerprint density at radius 1 is 1.15 bits per heavy atom. The van der Waals surface area contributed by atoms with E-state index in [1.807, 2.05) is 6.92 Å². The molecule has 0 unspecified atom stereocenters. The Hall–Kier alpha value is -2.94. The number of nitro benzene ring substituents is 1. The standard InChI is InChI=1S/C17H18N2O6S/c1-2-3-12-25-17(20)13-8-10-14(11-9-13)18-26(23,24)16-7-5-4-6-15(16)19(21)22/h4-11,18H,2-3,12H2,1H3. The van der Waals surface area contributed by atoms with Gasteiger partial charge in [-0.05, 0) is 36.8 Å². The third-order valence-electron chi connectivity index (χ3n) is 3.46. The summed E-state index contributed by atoms with van der Waals surface area (Å²) in [6.07, 6.45) is 1.67. The Balaban J connectivity index is 2.16. The van der Waals surface area contributed by atoms with E-state index in [0.717, 1.165) is 25.0 Å². The van der Waals surface area contributed by atoms with E-state index in [1.54, 1.807) is 0 Å². The monoisotopic (exact) mass is 378 g/mol. The van der Waals surface area contributed by atoms with Crippen LogP contribution in [0.5, 0.6) is 0 Å². The molecule has 0 saturated heterocycles. The normalized spacial score (nSPS) is 11.0. The molecule has 0 bridgehead atoms. The van der Waals surface area contributed by atoms with Gasteiger partial charge in [-0.25, -0.2) is 13.2 Å². The fourth-order valence-corrected chi connectivity index (χ4v) is 3.34. The number of esters is 1. The molecule has 26 heavy (non-hydrogen) atoms. The molecule has 0 saturated carbocycles. The van der Waals surface area contributed by atoms with Crippen molar-refractivity contribution in [1.29, 1.82) is 0 Å². The van der Waals surface area contributed by atoms with Crippen molar-refractivity contribution in [1.82, 2.24) is 0 Å². The largest absolute Gasteiger partial charge is 0.462 e. The summed E-state index contributed by atoms with van der Waals surface area (Å²) in [6.45, 7) is 2.30. The molecule has 1 N–H and O–H groups in total. The van der Waals surface area contributed by atoms with Gasteiger partial charge in [0.2, 0.25) is 0 Å². The lowest BCUT2D eigenvalue weighted by Gasteiger charge is -2.09. The first-order chi connectivity index (χ1) is 12.3. The van der Waals surface area contributed by atoms with Crippen molar-refractivity contribution >= 4 is 27.4 Å². The number of unbranched alkanes of at least 4 members (excludes halogenated alkanes) is 1. The number of carbonyl (C=O) groups excluding carboxylic acids is 1. The van der Waals surface area contributed by atoms with Gasteiger partial charge in [-0.2, -0.15) is 0 Å². The number of sulfonamides is 1. The molecule has 0 aliphatic heterocycles. The van der Waals surface area contributed by atoms with Gasteiger partial charge in [-0.15, -0.1) is 0 Å². The first-order valence-corrected chi connectivity index (χ1v) is 9.37. The predicted octanol–water partition coefficient (Wildman–Crippen LogP) is 3.35. The lowest BCUT2D eigenvalue weighted by Crippen LogP contribution is -2.15. The lowest BCUT2D eigenvalue weighted by molar-refractivity contribution is -0.387. The maximum atomic E-state index is 12.4. The average Bonchev–Trinajstić information content (AvgIpc) is 2.62. The number of para-hydroxylation sites is 1. The van der Waals surface area contributed by atoms with E-state index in [9.17, 15) is 23.3 Å². The van der Waals surface area contributed by atoms with Crippen LogP contribution >= 0.6 is 0 Å². The van der Waals surface area contributed by atoms with Crippen molar-refractivity contribution in [3.05, 3.63) is 64.2 Å². The Morgan fingerprint density at radius 2 is 1.81 bits per heavy atom. The number of hydrogen-bond acceptors (Lipinski definition) is 6. The van der Waals surface area contributed by atoms with Crippen LogP contribution in [0.3, 0.4) is 0 Å². The molecular formula is C17H18N2O6S. The first kappa shape index (κ1) is 19.4. The maximum absolute atomic E-state index is 12.4. The molecular weight excluding hydrogens is 360 g/mol. The summed E-state index contributed by atoms with van der Waals surface area (Å²) in [5.41, 5.74) is -0.0564.